The van der Waals surface area contributed by atoms with Crippen LogP contribution in [0.2, 0.25) is 0 Å². The van der Waals surface area contributed by atoms with Gasteiger partial charge in [0.2, 0.25) is 5.91 Å². The Morgan fingerprint density at radius 1 is 1.29 bits per heavy atom. The number of anilines is 1. The molecule has 0 radical (unpaired) electrons. The Morgan fingerprint density at radius 2 is 2.14 bits per heavy atom. The molecular weight excluding hydrogens is 280 g/mol. The van der Waals surface area contributed by atoms with Gasteiger partial charge in [-0.2, -0.15) is 11.3 Å². The van der Waals surface area contributed by atoms with Gasteiger partial charge < -0.3 is 10.2 Å². The zero-order valence-electron chi connectivity index (χ0n) is 12.4. The maximum absolute atomic E-state index is 11.8. The molecule has 2 aromatic rings. The smallest absolute Gasteiger partial charge is 0.227 e. The van der Waals surface area contributed by atoms with E-state index in [1.54, 1.807) is 16.2 Å². The molecule has 1 aromatic heterocycles. The van der Waals surface area contributed by atoms with Crippen molar-refractivity contribution >= 4 is 22.9 Å². The quantitative estimate of drug-likeness (QED) is 0.939. The van der Waals surface area contributed by atoms with E-state index in [1.807, 2.05) is 7.05 Å². The number of benzene rings is 1. The minimum Gasteiger partial charge on any atom is -0.315 e. The topological polar surface area (TPSA) is 32.3 Å². The van der Waals surface area contributed by atoms with E-state index < -0.39 is 0 Å². The van der Waals surface area contributed by atoms with E-state index in [0.29, 0.717) is 6.42 Å². The number of fused-ring (bicyclic) bond motifs is 1. The molecule has 0 saturated carbocycles. The van der Waals surface area contributed by atoms with Crippen LogP contribution in [0.5, 0.6) is 0 Å². The van der Waals surface area contributed by atoms with E-state index in [2.05, 4.69) is 47.3 Å². The molecule has 4 heteroatoms. The lowest BCUT2D eigenvalue weighted by atomic mass is 9.94. The van der Waals surface area contributed by atoms with Gasteiger partial charge in [-0.3, -0.25) is 4.79 Å². The maximum Gasteiger partial charge on any atom is 0.227 e. The molecular formula is C17H20N2OS. The Balaban J connectivity index is 1.97. The SMILES string of the molecule is CCNC(c1ccsc1)c1ccc2c(c1)CCC(=O)N2C. The number of hydrogen-bond acceptors (Lipinski definition) is 3. The molecule has 2 heterocycles. The largest absolute Gasteiger partial charge is 0.315 e. The summed E-state index contributed by atoms with van der Waals surface area (Å²) in [5, 5.41) is 7.87. The Labute approximate surface area is 129 Å². The number of nitrogens with zero attached hydrogens (tertiary/aromatic N) is 1. The van der Waals surface area contributed by atoms with Crippen LogP contribution in [0.1, 0.15) is 36.1 Å². The normalized spacial score (nSPS) is 15.9. The molecule has 1 aliphatic heterocycles. The van der Waals surface area contributed by atoms with Gasteiger partial charge >= 0.3 is 0 Å². The minimum atomic E-state index is 0.205. The van der Waals surface area contributed by atoms with Crippen molar-refractivity contribution in [2.45, 2.75) is 25.8 Å². The zero-order chi connectivity index (χ0) is 14.8. The van der Waals surface area contributed by atoms with Crippen molar-refractivity contribution in [2.24, 2.45) is 0 Å². The Bertz CT molecular complexity index is 636. The van der Waals surface area contributed by atoms with Crippen molar-refractivity contribution in [3.05, 3.63) is 51.7 Å². The third-order valence-electron chi connectivity index (χ3n) is 4.07. The summed E-state index contributed by atoms with van der Waals surface area (Å²) in [4.78, 5) is 13.6. The second kappa shape index (κ2) is 6.00. The zero-order valence-corrected chi connectivity index (χ0v) is 13.2. The highest BCUT2D eigenvalue weighted by molar-refractivity contribution is 7.08. The van der Waals surface area contributed by atoms with Crippen LogP contribution in [0.15, 0.2) is 35.0 Å². The van der Waals surface area contributed by atoms with E-state index in [-0.39, 0.29) is 11.9 Å². The standard InChI is InChI=1S/C17H20N2OS/c1-3-18-17(14-8-9-21-11-14)13-4-6-15-12(10-13)5-7-16(20)19(15)2/h4,6,8-11,17-18H,3,5,7H2,1-2H3. The summed E-state index contributed by atoms with van der Waals surface area (Å²) in [6, 6.07) is 8.88. The first-order valence-corrected chi connectivity index (χ1v) is 8.30. The molecule has 110 valence electrons. The van der Waals surface area contributed by atoms with Crippen molar-refractivity contribution in [3.63, 3.8) is 0 Å². The summed E-state index contributed by atoms with van der Waals surface area (Å²) < 4.78 is 0. The number of thiophene rings is 1. The number of hydrogen-bond donors (Lipinski definition) is 1. The molecule has 1 aliphatic rings. The van der Waals surface area contributed by atoms with Crippen LogP contribution >= 0.6 is 11.3 Å². The third-order valence-corrected chi connectivity index (χ3v) is 4.77. The van der Waals surface area contributed by atoms with Crippen molar-refractivity contribution in [1.29, 1.82) is 0 Å². The summed E-state index contributed by atoms with van der Waals surface area (Å²) in [5.41, 5.74) is 4.90. The molecule has 0 saturated heterocycles. The highest BCUT2D eigenvalue weighted by Gasteiger charge is 2.22. The minimum absolute atomic E-state index is 0.205. The molecule has 1 aromatic carbocycles. The first kappa shape index (κ1) is 14.3. The lowest BCUT2D eigenvalue weighted by Gasteiger charge is -2.27. The van der Waals surface area contributed by atoms with Crippen LogP contribution in [0.25, 0.3) is 0 Å². The Kier molecular flexibility index (Phi) is 4.08. The van der Waals surface area contributed by atoms with Gasteiger partial charge in [0.25, 0.3) is 0 Å². The number of carbonyl (C=O) groups excluding carboxylic acids is 1. The molecule has 0 spiro atoms. The van der Waals surface area contributed by atoms with Crippen LogP contribution < -0.4 is 10.2 Å². The molecule has 21 heavy (non-hydrogen) atoms. The van der Waals surface area contributed by atoms with Crippen molar-refractivity contribution < 1.29 is 4.79 Å². The van der Waals surface area contributed by atoms with Gasteiger partial charge in [-0.25, -0.2) is 0 Å². The van der Waals surface area contributed by atoms with Crippen LogP contribution in [0.4, 0.5) is 5.69 Å². The molecule has 1 N–H and O–H groups in total. The average molecular weight is 300 g/mol. The van der Waals surface area contributed by atoms with Gasteiger partial charge in [0.1, 0.15) is 0 Å². The summed E-state index contributed by atoms with van der Waals surface area (Å²) in [6.07, 6.45) is 1.45. The van der Waals surface area contributed by atoms with Gasteiger partial charge in [0, 0.05) is 19.2 Å². The molecule has 1 amide bonds. The van der Waals surface area contributed by atoms with Gasteiger partial charge in [-0.15, -0.1) is 0 Å². The number of amides is 1. The van der Waals surface area contributed by atoms with E-state index in [9.17, 15) is 4.79 Å². The molecule has 3 rings (SSSR count). The van der Waals surface area contributed by atoms with Gasteiger partial charge in [0.15, 0.2) is 0 Å². The molecule has 0 fully saturated rings. The first-order chi connectivity index (χ1) is 10.2. The lowest BCUT2D eigenvalue weighted by Crippen LogP contribution is -2.31. The number of carbonyl (C=O) groups is 1. The number of aryl methyl sites for hydroxylation is 1. The fraction of sp³-hybridized carbons (Fsp3) is 0.353. The van der Waals surface area contributed by atoms with Gasteiger partial charge in [-0.05, 0) is 52.5 Å². The van der Waals surface area contributed by atoms with Gasteiger partial charge in [0.05, 0.1) is 6.04 Å². The molecule has 1 unspecified atom stereocenters. The summed E-state index contributed by atoms with van der Waals surface area (Å²) in [7, 11) is 1.86. The molecule has 1 atom stereocenters. The van der Waals surface area contributed by atoms with E-state index >= 15 is 0 Å². The summed E-state index contributed by atoms with van der Waals surface area (Å²) in [5.74, 6) is 0.205. The number of nitrogens with one attached hydrogen (secondary N) is 1. The van der Waals surface area contributed by atoms with Gasteiger partial charge in [-0.1, -0.05) is 19.1 Å². The van der Waals surface area contributed by atoms with Crippen molar-refractivity contribution in [2.75, 3.05) is 18.5 Å². The maximum atomic E-state index is 11.8. The monoisotopic (exact) mass is 300 g/mol. The van der Waals surface area contributed by atoms with Crippen LogP contribution in [0, 0.1) is 0 Å². The number of rotatable bonds is 4. The Morgan fingerprint density at radius 3 is 2.86 bits per heavy atom. The predicted octanol–water partition coefficient (Wildman–Crippen LogP) is 3.36. The first-order valence-electron chi connectivity index (χ1n) is 7.35. The van der Waals surface area contributed by atoms with E-state index in [1.165, 1.54) is 16.7 Å². The van der Waals surface area contributed by atoms with Crippen molar-refractivity contribution in [1.82, 2.24) is 5.32 Å². The second-order valence-electron chi connectivity index (χ2n) is 5.39. The van der Waals surface area contributed by atoms with Crippen LogP contribution in [0.3, 0.4) is 0 Å². The van der Waals surface area contributed by atoms with Crippen molar-refractivity contribution in [3.8, 4) is 0 Å². The average Bonchev–Trinajstić information content (AvgIpc) is 3.02. The summed E-state index contributed by atoms with van der Waals surface area (Å²) in [6.45, 7) is 3.06. The van der Waals surface area contributed by atoms with Crippen LogP contribution in [-0.2, 0) is 11.2 Å². The molecule has 0 aliphatic carbocycles. The van der Waals surface area contributed by atoms with Crippen LogP contribution in [-0.4, -0.2) is 19.5 Å². The fourth-order valence-corrected chi connectivity index (χ4v) is 3.61. The van der Waals surface area contributed by atoms with E-state index in [0.717, 1.165) is 18.7 Å². The van der Waals surface area contributed by atoms with E-state index in [4.69, 9.17) is 0 Å². The predicted molar refractivity (Wildman–Crippen MR) is 88.0 cm³/mol. The summed E-state index contributed by atoms with van der Waals surface area (Å²) >= 11 is 1.73. The second-order valence-corrected chi connectivity index (χ2v) is 6.17. The lowest BCUT2D eigenvalue weighted by molar-refractivity contribution is -0.118. The Hall–Kier alpha value is -1.65. The molecule has 0 bridgehead atoms. The highest BCUT2D eigenvalue weighted by atomic mass is 32.1. The fourth-order valence-electron chi connectivity index (χ4n) is 2.93. The highest BCUT2D eigenvalue weighted by Crippen LogP contribution is 2.31. The third kappa shape index (κ3) is 2.74. The molecule has 3 nitrogen and oxygen atoms in total.